The summed E-state index contributed by atoms with van der Waals surface area (Å²) in [6, 6.07) is 14.0. The Morgan fingerprint density at radius 3 is 2.71 bits per heavy atom. The van der Waals surface area contributed by atoms with E-state index in [1.165, 1.54) is 12.1 Å². The van der Waals surface area contributed by atoms with E-state index in [-0.39, 0.29) is 5.82 Å². The summed E-state index contributed by atoms with van der Waals surface area (Å²) in [7, 11) is 0. The van der Waals surface area contributed by atoms with E-state index in [2.05, 4.69) is 16.0 Å². The van der Waals surface area contributed by atoms with Crippen LogP contribution in [-0.2, 0) is 0 Å². The van der Waals surface area contributed by atoms with Crippen LogP contribution in [-0.4, -0.2) is 9.97 Å². The van der Waals surface area contributed by atoms with Gasteiger partial charge in [-0.3, -0.25) is 0 Å². The molecule has 21 heavy (non-hydrogen) atoms. The zero-order valence-corrected chi connectivity index (χ0v) is 11.4. The van der Waals surface area contributed by atoms with Crippen molar-refractivity contribution in [1.82, 2.24) is 9.97 Å². The van der Waals surface area contributed by atoms with Gasteiger partial charge in [-0.1, -0.05) is 18.2 Å². The summed E-state index contributed by atoms with van der Waals surface area (Å²) in [6.07, 6.45) is 1.68. The molecule has 0 aliphatic heterocycles. The highest BCUT2D eigenvalue weighted by atomic mass is 19.1. The summed E-state index contributed by atoms with van der Waals surface area (Å²) in [5, 5.41) is 9.32. The number of H-pyrrole nitrogens is 1. The SMILES string of the molecule is Cc1ccc2nc(/C(C#N)=C\c3ccc(F)cc3)[nH]c2c1. The Hall–Kier alpha value is -2.93. The van der Waals surface area contributed by atoms with Crippen LogP contribution >= 0.6 is 0 Å². The molecule has 0 fully saturated rings. The van der Waals surface area contributed by atoms with Gasteiger partial charge < -0.3 is 4.98 Å². The first-order chi connectivity index (χ1) is 10.2. The predicted molar refractivity (Wildman–Crippen MR) is 80.7 cm³/mol. The minimum Gasteiger partial charge on any atom is -0.337 e. The Labute approximate surface area is 121 Å². The third-order valence-electron chi connectivity index (χ3n) is 3.19. The first kappa shape index (κ1) is 13.1. The van der Waals surface area contributed by atoms with Crippen molar-refractivity contribution in [2.24, 2.45) is 0 Å². The first-order valence-corrected chi connectivity index (χ1v) is 6.50. The van der Waals surface area contributed by atoms with Gasteiger partial charge in [0.1, 0.15) is 17.7 Å². The van der Waals surface area contributed by atoms with Gasteiger partial charge in [-0.15, -0.1) is 0 Å². The Kier molecular flexibility index (Phi) is 3.25. The number of nitrogens with zero attached hydrogens (tertiary/aromatic N) is 2. The number of halogens is 1. The van der Waals surface area contributed by atoms with Crippen LogP contribution in [0.3, 0.4) is 0 Å². The second-order valence-electron chi connectivity index (χ2n) is 4.83. The zero-order valence-electron chi connectivity index (χ0n) is 11.4. The highest BCUT2D eigenvalue weighted by Crippen LogP contribution is 2.20. The summed E-state index contributed by atoms with van der Waals surface area (Å²) in [5.41, 5.74) is 4.00. The molecule has 2 aromatic carbocycles. The lowest BCUT2D eigenvalue weighted by Crippen LogP contribution is -1.85. The molecule has 0 bridgehead atoms. The molecule has 3 rings (SSSR count). The number of rotatable bonds is 2. The van der Waals surface area contributed by atoms with Crippen molar-refractivity contribution >= 4 is 22.7 Å². The minimum atomic E-state index is -0.301. The number of imidazole rings is 1. The number of nitriles is 1. The molecule has 0 aliphatic rings. The van der Waals surface area contributed by atoms with Gasteiger partial charge in [-0.25, -0.2) is 9.37 Å². The summed E-state index contributed by atoms with van der Waals surface area (Å²) in [5.74, 6) is 0.215. The van der Waals surface area contributed by atoms with Crippen molar-refractivity contribution in [2.45, 2.75) is 6.92 Å². The first-order valence-electron chi connectivity index (χ1n) is 6.50. The predicted octanol–water partition coefficient (Wildman–Crippen LogP) is 4.07. The number of hydrogen-bond donors (Lipinski definition) is 1. The fourth-order valence-corrected chi connectivity index (χ4v) is 2.13. The van der Waals surface area contributed by atoms with Crippen molar-refractivity contribution in [1.29, 1.82) is 5.26 Å². The normalized spacial score (nSPS) is 11.6. The summed E-state index contributed by atoms with van der Waals surface area (Å²) in [6.45, 7) is 2.00. The van der Waals surface area contributed by atoms with Crippen molar-refractivity contribution in [3.8, 4) is 6.07 Å². The van der Waals surface area contributed by atoms with Crippen LogP contribution in [0.1, 0.15) is 17.0 Å². The van der Waals surface area contributed by atoms with Crippen LogP contribution < -0.4 is 0 Å². The van der Waals surface area contributed by atoms with Crippen LogP contribution in [0.15, 0.2) is 42.5 Å². The highest BCUT2D eigenvalue weighted by molar-refractivity contribution is 5.90. The molecule has 0 atom stereocenters. The highest BCUT2D eigenvalue weighted by Gasteiger charge is 2.08. The number of allylic oxidation sites excluding steroid dienone is 1. The quantitative estimate of drug-likeness (QED) is 0.718. The van der Waals surface area contributed by atoms with Crippen molar-refractivity contribution < 1.29 is 4.39 Å². The van der Waals surface area contributed by atoms with Crippen molar-refractivity contribution in [3.05, 3.63) is 65.2 Å². The van der Waals surface area contributed by atoms with Gasteiger partial charge in [0.15, 0.2) is 0 Å². The average Bonchev–Trinajstić information content (AvgIpc) is 2.89. The van der Waals surface area contributed by atoms with E-state index in [0.717, 1.165) is 22.2 Å². The topological polar surface area (TPSA) is 52.5 Å². The number of fused-ring (bicyclic) bond motifs is 1. The molecule has 4 heteroatoms. The van der Waals surface area contributed by atoms with Crippen LogP contribution in [0.5, 0.6) is 0 Å². The van der Waals surface area contributed by atoms with E-state index in [4.69, 9.17) is 0 Å². The number of benzene rings is 2. The summed E-state index contributed by atoms with van der Waals surface area (Å²) < 4.78 is 12.9. The molecular weight excluding hydrogens is 265 g/mol. The molecular formula is C17H12FN3. The number of aryl methyl sites for hydroxylation is 1. The molecule has 1 N–H and O–H groups in total. The molecule has 0 radical (unpaired) electrons. The average molecular weight is 277 g/mol. The molecule has 0 unspecified atom stereocenters. The van der Waals surface area contributed by atoms with Crippen LogP contribution in [0, 0.1) is 24.1 Å². The standard InChI is InChI=1S/C17H12FN3/c1-11-2-7-15-16(8-11)21-17(20-15)13(10-19)9-12-3-5-14(18)6-4-12/h2-9H,1H3,(H,20,21)/b13-9-. The largest absolute Gasteiger partial charge is 0.337 e. The van der Waals surface area contributed by atoms with Crippen molar-refractivity contribution in [3.63, 3.8) is 0 Å². The number of nitrogens with one attached hydrogen (secondary N) is 1. The van der Waals surface area contributed by atoms with E-state index in [1.807, 2.05) is 25.1 Å². The molecule has 0 amide bonds. The molecule has 0 saturated carbocycles. The number of aromatic nitrogens is 2. The summed E-state index contributed by atoms with van der Waals surface area (Å²) in [4.78, 5) is 7.56. The third kappa shape index (κ3) is 2.67. The molecule has 1 heterocycles. The maximum atomic E-state index is 12.9. The Bertz CT molecular complexity index is 867. The molecule has 0 aliphatic carbocycles. The fraction of sp³-hybridized carbons (Fsp3) is 0.0588. The smallest absolute Gasteiger partial charge is 0.149 e. The van der Waals surface area contributed by atoms with Gasteiger partial charge in [-0.05, 0) is 48.4 Å². The monoisotopic (exact) mass is 277 g/mol. The lowest BCUT2D eigenvalue weighted by atomic mass is 10.1. The Morgan fingerprint density at radius 2 is 2.00 bits per heavy atom. The van der Waals surface area contributed by atoms with Gasteiger partial charge in [0.25, 0.3) is 0 Å². The maximum absolute atomic E-state index is 12.9. The zero-order chi connectivity index (χ0) is 14.8. The Morgan fingerprint density at radius 1 is 1.24 bits per heavy atom. The third-order valence-corrected chi connectivity index (χ3v) is 3.19. The van der Waals surface area contributed by atoms with E-state index >= 15 is 0 Å². The van der Waals surface area contributed by atoms with Gasteiger partial charge in [0.05, 0.1) is 16.6 Å². The molecule has 0 spiro atoms. The van der Waals surface area contributed by atoms with E-state index in [1.54, 1.807) is 18.2 Å². The van der Waals surface area contributed by atoms with Gasteiger partial charge in [-0.2, -0.15) is 5.26 Å². The lowest BCUT2D eigenvalue weighted by molar-refractivity contribution is 0.628. The van der Waals surface area contributed by atoms with Gasteiger partial charge in [0, 0.05) is 0 Å². The van der Waals surface area contributed by atoms with Crippen LogP contribution in [0.4, 0.5) is 4.39 Å². The lowest BCUT2D eigenvalue weighted by Gasteiger charge is -1.95. The van der Waals surface area contributed by atoms with Crippen LogP contribution in [0.2, 0.25) is 0 Å². The van der Waals surface area contributed by atoms with Crippen LogP contribution in [0.25, 0.3) is 22.7 Å². The fourth-order valence-electron chi connectivity index (χ4n) is 2.13. The van der Waals surface area contributed by atoms with Gasteiger partial charge >= 0.3 is 0 Å². The maximum Gasteiger partial charge on any atom is 0.149 e. The summed E-state index contributed by atoms with van der Waals surface area (Å²) >= 11 is 0. The minimum absolute atomic E-state index is 0.301. The molecule has 102 valence electrons. The molecule has 3 aromatic rings. The van der Waals surface area contributed by atoms with Crippen molar-refractivity contribution in [2.75, 3.05) is 0 Å². The second-order valence-corrected chi connectivity index (χ2v) is 4.83. The molecule has 0 saturated heterocycles. The van der Waals surface area contributed by atoms with E-state index in [0.29, 0.717) is 11.4 Å². The van der Waals surface area contributed by atoms with E-state index in [9.17, 15) is 9.65 Å². The van der Waals surface area contributed by atoms with Gasteiger partial charge in [0.2, 0.25) is 0 Å². The number of aromatic amines is 1. The molecule has 3 nitrogen and oxygen atoms in total. The Balaban J connectivity index is 2.05. The molecule has 1 aromatic heterocycles. The second kappa shape index (κ2) is 5.22. The van der Waals surface area contributed by atoms with E-state index < -0.39 is 0 Å². The number of hydrogen-bond acceptors (Lipinski definition) is 2.